The minimum Gasteiger partial charge on any atom is -0.368 e. The first kappa shape index (κ1) is 15.8. The van der Waals surface area contributed by atoms with Gasteiger partial charge in [0.25, 0.3) is 0 Å². The molecule has 16 heavy (non-hydrogen) atoms. The zero-order valence-corrected chi connectivity index (χ0v) is 11.8. The molecule has 2 atom stereocenters. The Hall–Kier alpha value is -0.220. The van der Waals surface area contributed by atoms with Crippen LogP contribution < -0.4 is 11.1 Å². The van der Waals surface area contributed by atoms with Gasteiger partial charge < -0.3 is 11.1 Å². The molecule has 0 aromatic rings. The van der Waals surface area contributed by atoms with Crippen LogP contribution in [0.5, 0.6) is 0 Å². The Morgan fingerprint density at radius 2 is 2.12 bits per heavy atom. The van der Waals surface area contributed by atoms with Crippen molar-refractivity contribution < 1.29 is 4.79 Å². The zero-order chi connectivity index (χ0) is 12.6. The SMILES string of the molecule is CCCNC(C)(CCSC(C)CC)C(N)=O. The highest BCUT2D eigenvalue weighted by atomic mass is 32.2. The summed E-state index contributed by atoms with van der Waals surface area (Å²) < 4.78 is 0. The van der Waals surface area contributed by atoms with Crippen molar-refractivity contribution in [1.82, 2.24) is 5.32 Å². The van der Waals surface area contributed by atoms with E-state index in [0.717, 1.165) is 25.1 Å². The van der Waals surface area contributed by atoms with E-state index in [-0.39, 0.29) is 5.91 Å². The Labute approximate surface area is 104 Å². The number of nitrogens with one attached hydrogen (secondary N) is 1. The minimum absolute atomic E-state index is 0.245. The Kier molecular flexibility index (Phi) is 7.85. The zero-order valence-electron chi connectivity index (χ0n) is 11.0. The van der Waals surface area contributed by atoms with Crippen LogP contribution in [0.3, 0.4) is 0 Å². The lowest BCUT2D eigenvalue weighted by Gasteiger charge is -2.27. The molecule has 0 rings (SSSR count). The van der Waals surface area contributed by atoms with Gasteiger partial charge in [-0.25, -0.2) is 0 Å². The second-order valence-electron chi connectivity index (χ2n) is 4.46. The van der Waals surface area contributed by atoms with Gasteiger partial charge in [-0.15, -0.1) is 0 Å². The van der Waals surface area contributed by atoms with E-state index in [1.54, 1.807) is 0 Å². The predicted molar refractivity (Wildman–Crippen MR) is 72.7 cm³/mol. The molecule has 0 fully saturated rings. The average molecular weight is 246 g/mol. The summed E-state index contributed by atoms with van der Waals surface area (Å²) in [5.41, 5.74) is 4.91. The number of nitrogens with two attached hydrogens (primary N) is 1. The highest BCUT2D eigenvalue weighted by Gasteiger charge is 2.29. The number of hydrogen-bond donors (Lipinski definition) is 2. The molecule has 0 aliphatic carbocycles. The lowest BCUT2D eigenvalue weighted by Crippen LogP contribution is -2.53. The van der Waals surface area contributed by atoms with Gasteiger partial charge in [0.15, 0.2) is 0 Å². The largest absolute Gasteiger partial charge is 0.368 e. The highest BCUT2D eigenvalue weighted by molar-refractivity contribution is 7.99. The predicted octanol–water partition coefficient (Wildman–Crippen LogP) is 2.15. The molecule has 96 valence electrons. The van der Waals surface area contributed by atoms with Gasteiger partial charge in [0.2, 0.25) is 5.91 Å². The summed E-state index contributed by atoms with van der Waals surface area (Å²) in [4.78, 5) is 11.4. The standard InChI is InChI=1S/C12H26N2OS/c1-5-8-14-12(4,11(13)15)7-9-16-10(3)6-2/h10,14H,5-9H2,1-4H3,(H2,13,15). The van der Waals surface area contributed by atoms with Gasteiger partial charge in [0, 0.05) is 5.25 Å². The van der Waals surface area contributed by atoms with Crippen LogP contribution in [0.1, 0.15) is 47.0 Å². The molecular formula is C12H26N2OS. The minimum atomic E-state index is -0.545. The fourth-order valence-corrected chi connectivity index (χ4v) is 2.45. The van der Waals surface area contributed by atoms with E-state index < -0.39 is 5.54 Å². The molecule has 0 aliphatic heterocycles. The Bertz CT molecular complexity index is 211. The normalized spacial score (nSPS) is 16.8. The Morgan fingerprint density at radius 1 is 1.50 bits per heavy atom. The molecule has 0 aliphatic rings. The van der Waals surface area contributed by atoms with Gasteiger partial charge >= 0.3 is 0 Å². The average Bonchev–Trinajstić information content (AvgIpc) is 2.25. The fourth-order valence-electron chi connectivity index (χ4n) is 1.28. The van der Waals surface area contributed by atoms with Crippen LogP contribution in [0.4, 0.5) is 0 Å². The first-order valence-corrected chi connectivity index (χ1v) is 7.17. The lowest BCUT2D eigenvalue weighted by atomic mass is 9.98. The topological polar surface area (TPSA) is 55.1 Å². The van der Waals surface area contributed by atoms with E-state index in [1.807, 2.05) is 18.7 Å². The van der Waals surface area contributed by atoms with E-state index in [0.29, 0.717) is 5.25 Å². The monoisotopic (exact) mass is 246 g/mol. The third-order valence-corrected chi connectivity index (χ3v) is 4.23. The van der Waals surface area contributed by atoms with Gasteiger partial charge in [-0.2, -0.15) is 11.8 Å². The van der Waals surface area contributed by atoms with Crippen molar-refractivity contribution in [2.75, 3.05) is 12.3 Å². The molecule has 3 nitrogen and oxygen atoms in total. The van der Waals surface area contributed by atoms with Crippen molar-refractivity contribution in [3.63, 3.8) is 0 Å². The van der Waals surface area contributed by atoms with E-state index in [9.17, 15) is 4.79 Å². The molecule has 1 amide bonds. The number of rotatable bonds is 9. The molecule has 0 aromatic carbocycles. The highest BCUT2D eigenvalue weighted by Crippen LogP contribution is 2.19. The van der Waals surface area contributed by atoms with Gasteiger partial charge in [0.05, 0.1) is 5.54 Å². The number of carbonyl (C=O) groups is 1. The van der Waals surface area contributed by atoms with Crippen molar-refractivity contribution in [3.8, 4) is 0 Å². The molecule has 0 radical (unpaired) electrons. The summed E-state index contributed by atoms with van der Waals surface area (Å²) in [5, 5.41) is 3.90. The summed E-state index contributed by atoms with van der Waals surface area (Å²) in [6, 6.07) is 0. The number of thioether (sulfide) groups is 1. The van der Waals surface area contributed by atoms with E-state index in [2.05, 4.69) is 26.1 Å². The summed E-state index contributed by atoms with van der Waals surface area (Å²) in [7, 11) is 0. The van der Waals surface area contributed by atoms with Crippen LogP contribution in [0.15, 0.2) is 0 Å². The third-order valence-electron chi connectivity index (χ3n) is 2.89. The van der Waals surface area contributed by atoms with E-state index in [1.165, 1.54) is 6.42 Å². The molecule has 3 N–H and O–H groups in total. The van der Waals surface area contributed by atoms with Crippen LogP contribution in [-0.4, -0.2) is 29.0 Å². The summed E-state index contributed by atoms with van der Waals surface area (Å²) in [6.45, 7) is 9.23. The molecule has 2 unspecified atom stereocenters. The van der Waals surface area contributed by atoms with Crippen molar-refractivity contribution in [3.05, 3.63) is 0 Å². The second kappa shape index (κ2) is 7.96. The van der Waals surface area contributed by atoms with Crippen molar-refractivity contribution in [2.45, 2.75) is 57.7 Å². The van der Waals surface area contributed by atoms with Crippen LogP contribution in [0.25, 0.3) is 0 Å². The number of primary amides is 1. The van der Waals surface area contributed by atoms with Crippen LogP contribution >= 0.6 is 11.8 Å². The van der Waals surface area contributed by atoms with E-state index in [4.69, 9.17) is 5.73 Å². The maximum absolute atomic E-state index is 11.4. The second-order valence-corrected chi connectivity index (χ2v) is 6.01. The van der Waals surface area contributed by atoms with E-state index >= 15 is 0 Å². The fraction of sp³-hybridized carbons (Fsp3) is 0.917. The van der Waals surface area contributed by atoms with Crippen LogP contribution in [0.2, 0.25) is 0 Å². The maximum atomic E-state index is 11.4. The van der Waals surface area contributed by atoms with Gasteiger partial charge in [-0.05, 0) is 38.5 Å². The molecule has 0 spiro atoms. The quantitative estimate of drug-likeness (QED) is 0.655. The molecule has 0 bridgehead atoms. The van der Waals surface area contributed by atoms with Gasteiger partial charge in [-0.1, -0.05) is 20.8 Å². The first-order valence-electron chi connectivity index (χ1n) is 6.12. The third kappa shape index (κ3) is 5.75. The van der Waals surface area contributed by atoms with Crippen molar-refractivity contribution in [2.24, 2.45) is 5.73 Å². The Balaban J connectivity index is 4.07. The van der Waals surface area contributed by atoms with Gasteiger partial charge in [0.1, 0.15) is 0 Å². The smallest absolute Gasteiger partial charge is 0.237 e. The molecule has 0 heterocycles. The summed E-state index contributed by atoms with van der Waals surface area (Å²) >= 11 is 1.91. The van der Waals surface area contributed by atoms with Crippen molar-refractivity contribution in [1.29, 1.82) is 0 Å². The number of hydrogen-bond acceptors (Lipinski definition) is 3. The lowest BCUT2D eigenvalue weighted by molar-refractivity contribution is -0.123. The molecule has 4 heteroatoms. The molecule has 0 saturated carbocycles. The maximum Gasteiger partial charge on any atom is 0.237 e. The molecule has 0 saturated heterocycles. The number of amides is 1. The first-order chi connectivity index (χ1) is 7.46. The summed E-state index contributed by atoms with van der Waals surface area (Å²) in [5.74, 6) is 0.733. The van der Waals surface area contributed by atoms with Gasteiger partial charge in [-0.3, -0.25) is 4.79 Å². The van der Waals surface area contributed by atoms with Crippen LogP contribution in [-0.2, 0) is 4.79 Å². The van der Waals surface area contributed by atoms with Crippen molar-refractivity contribution >= 4 is 17.7 Å². The molecular weight excluding hydrogens is 220 g/mol. The Morgan fingerprint density at radius 3 is 2.56 bits per heavy atom. The number of carbonyl (C=O) groups excluding carboxylic acids is 1. The molecule has 0 aromatic heterocycles. The van der Waals surface area contributed by atoms with Crippen LogP contribution in [0, 0.1) is 0 Å². The summed E-state index contributed by atoms with van der Waals surface area (Å²) in [6.07, 6.45) is 2.99.